The molecule has 4 N–H and O–H groups in total. The Morgan fingerprint density at radius 3 is 2.78 bits per heavy atom. The fourth-order valence-electron chi connectivity index (χ4n) is 2.40. The number of carbonyl (C=O) groups excluding carboxylic acids is 1. The molecule has 1 aromatic carbocycles. The summed E-state index contributed by atoms with van der Waals surface area (Å²) in [6.07, 6.45) is 0.928. The number of anilines is 1. The maximum absolute atomic E-state index is 11.5. The molecule has 0 fully saturated rings. The molecule has 0 radical (unpaired) electrons. The van der Waals surface area contributed by atoms with Crippen molar-refractivity contribution < 1.29 is 19.4 Å². The van der Waals surface area contributed by atoms with Crippen LogP contribution in [0.2, 0.25) is 0 Å². The highest BCUT2D eigenvalue weighted by Crippen LogP contribution is 2.33. The van der Waals surface area contributed by atoms with Gasteiger partial charge in [0.1, 0.15) is 0 Å². The summed E-state index contributed by atoms with van der Waals surface area (Å²) in [5.74, 6) is -1.14. The zero-order valence-electron chi connectivity index (χ0n) is 12.3. The number of nitrogens with zero attached hydrogens (tertiary/aromatic N) is 2. The summed E-state index contributed by atoms with van der Waals surface area (Å²) in [6.45, 7) is 1.72. The first kappa shape index (κ1) is 14.6. The molecule has 1 amide bonds. The Kier molecular flexibility index (Phi) is 3.45. The van der Waals surface area contributed by atoms with Gasteiger partial charge in [-0.05, 0) is 24.6 Å². The lowest BCUT2D eigenvalue weighted by Gasteiger charge is -2.09. The van der Waals surface area contributed by atoms with Gasteiger partial charge in [-0.1, -0.05) is 0 Å². The summed E-state index contributed by atoms with van der Waals surface area (Å²) >= 11 is 0. The van der Waals surface area contributed by atoms with Crippen LogP contribution in [0.4, 0.5) is 10.5 Å². The smallest absolute Gasteiger partial charge is 0.411 e. The summed E-state index contributed by atoms with van der Waals surface area (Å²) in [7, 11) is 1.26. The maximum atomic E-state index is 11.5. The number of fused-ring (bicyclic) bond motifs is 1. The third kappa shape index (κ3) is 2.48. The van der Waals surface area contributed by atoms with E-state index in [-0.39, 0.29) is 5.69 Å². The molecule has 0 aliphatic rings. The normalized spacial score (nSPS) is 10.7. The highest BCUT2D eigenvalue weighted by molar-refractivity contribution is 6.03. The predicted molar refractivity (Wildman–Crippen MR) is 81.4 cm³/mol. The molecule has 3 aromatic rings. The van der Waals surface area contributed by atoms with Crippen molar-refractivity contribution in [2.45, 2.75) is 6.92 Å². The van der Waals surface area contributed by atoms with Crippen molar-refractivity contribution in [1.29, 1.82) is 0 Å². The summed E-state index contributed by atoms with van der Waals surface area (Å²) in [5, 5.41) is 25.8. The van der Waals surface area contributed by atoms with Gasteiger partial charge in [-0.3, -0.25) is 15.5 Å². The number of H-pyrrole nitrogens is 2. The van der Waals surface area contributed by atoms with Crippen LogP contribution >= 0.6 is 0 Å². The minimum absolute atomic E-state index is 0.0922. The Labute approximate surface area is 129 Å². The van der Waals surface area contributed by atoms with Crippen molar-refractivity contribution in [1.82, 2.24) is 20.4 Å². The molecule has 9 heteroatoms. The zero-order valence-corrected chi connectivity index (χ0v) is 12.3. The van der Waals surface area contributed by atoms with E-state index in [1.54, 1.807) is 25.3 Å². The fraction of sp³-hybridized carbons (Fsp3) is 0.143. The molecule has 0 bridgehead atoms. The number of carboxylic acid groups (broad SMARTS) is 1. The van der Waals surface area contributed by atoms with Gasteiger partial charge in [-0.2, -0.15) is 10.2 Å². The predicted octanol–water partition coefficient (Wildman–Crippen LogP) is 2.14. The largest absolute Gasteiger partial charge is 0.476 e. The van der Waals surface area contributed by atoms with Crippen molar-refractivity contribution >= 4 is 28.7 Å². The first-order chi connectivity index (χ1) is 11.0. The van der Waals surface area contributed by atoms with Crippen molar-refractivity contribution in [3.8, 4) is 11.1 Å². The van der Waals surface area contributed by atoms with E-state index in [9.17, 15) is 14.7 Å². The number of aryl methyl sites for hydroxylation is 1. The van der Waals surface area contributed by atoms with Crippen LogP contribution in [0.3, 0.4) is 0 Å². The van der Waals surface area contributed by atoms with E-state index in [0.29, 0.717) is 33.4 Å². The number of amides is 1. The average molecular weight is 315 g/mol. The van der Waals surface area contributed by atoms with Crippen molar-refractivity contribution in [3.05, 3.63) is 29.7 Å². The molecule has 0 saturated carbocycles. The van der Waals surface area contributed by atoms with Crippen LogP contribution in [-0.2, 0) is 4.74 Å². The van der Waals surface area contributed by atoms with Gasteiger partial charge in [-0.15, -0.1) is 0 Å². The minimum atomic E-state index is -1.14. The van der Waals surface area contributed by atoms with Gasteiger partial charge in [0.15, 0.2) is 5.69 Å². The Morgan fingerprint density at radius 2 is 2.09 bits per heavy atom. The topological polar surface area (TPSA) is 133 Å². The fourth-order valence-corrected chi connectivity index (χ4v) is 2.40. The van der Waals surface area contributed by atoms with E-state index >= 15 is 0 Å². The molecule has 0 aliphatic heterocycles. The monoisotopic (exact) mass is 315 g/mol. The molecule has 0 aliphatic carbocycles. The van der Waals surface area contributed by atoms with Crippen LogP contribution in [0, 0.1) is 6.92 Å². The number of aromatic amines is 2. The van der Waals surface area contributed by atoms with E-state index < -0.39 is 12.1 Å². The number of methoxy groups -OCH3 is 1. The second kappa shape index (κ2) is 5.44. The Bertz CT molecular complexity index is 911. The van der Waals surface area contributed by atoms with Crippen LogP contribution in [0.5, 0.6) is 0 Å². The number of nitrogens with one attached hydrogen (secondary N) is 3. The molecule has 0 spiro atoms. The number of benzene rings is 1. The summed E-state index contributed by atoms with van der Waals surface area (Å²) in [6, 6.07) is 3.40. The summed E-state index contributed by atoms with van der Waals surface area (Å²) in [4.78, 5) is 22.8. The standard InChI is InChI=1S/C14H13N5O4/c1-6-11(12(13(20)21)19-17-6)7-3-9(16-14(22)23-2)8-5-15-18-10(8)4-7/h3-5H,1-2H3,(H,15,18)(H,16,22)(H,17,19)(H,20,21). The molecule has 9 nitrogen and oxygen atoms in total. The van der Waals surface area contributed by atoms with Gasteiger partial charge in [0, 0.05) is 16.6 Å². The zero-order chi connectivity index (χ0) is 16.6. The van der Waals surface area contributed by atoms with Gasteiger partial charge in [0.2, 0.25) is 0 Å². The highest BCUT2D eigenvalue weighted by Gasteiger charge is 2.20. The van der Waals surface area contributed by atoms with Gasteiger partial charge < -0.3 is 9.84 Å². The van der Waals surface area contributed by atoms with Gasteiger partial charge >= 0.3 is 12.1 Å². The Balaban J connectivity index is 2.21. The van der Waals surface area contributed by atoms with Crippen LogP contribution in [0.25, 0.3) is 22.0 Å². The van der Waals surface area contributed by atoms with Crippen LogP contribution in [0.1, 0.15) is 16.2 Å². The summed E-state index contributed by atoms with van der Waals surface area (Å²) < 4.78 is 4.60. The molecule has 0 atom stereocenters. The second-order valence-electron chi connectivity index (χ2n) is 4.85. The Morgan fingerprint density at radius 1 is 1.30 bits per heavy atom. The number of hydrogen-bond donors (Lipinski definition) is 4. The number of carbonyl (C=O) groups is 2. The van der Waals surface area contributed by atoms with Gasteiger partial charge in [0.25, 0.3) is 0 Å². The van der Waals surface area contributed by atoms with Crippen molar-refractivity contribution in [2.75, 3.05) is 12.4 Å². The molecule has 0 saturated heterocycles. The van der Waals surface area contributed by atoms with Crippen molar-refractivity contribution in [2.24, 2.45) is 0 Å². The SMILES string of the molecule is COC(=O)Nc1cc(-c2c(C(=O)O)n[nH]c2C)cc2[nH]ncc12. The van der Waals surface area contributed by atoms with Crippen LogP contribution < -0.4 is 5.32 Å². The molecule has 3 rings (SSSR count). The minimum Gasteiger partial charge on any atom is -0.476 e. The first-order valence-electron chi connectivity index (χ1n) is 6.62. The molecular formula is C14H13N5O4. The van der Waals surface area contributed by atoms with Gasteiger partial charge in [0.05, 0.1) is 24.5 Å². The van der Waals surface area contributed by atoms with E-state index in [1.807, 2.05) is 0 Å². The maximum Gasteiger partial charge on any atom is 0.411 e. The number of aromatic nitrogens is 4. The lowest BCUT2D eigenvalue weighted by Crippen LogP contribution is -2.11. The summed E-state index contributed by atoms with van der Waals surface area (Å²) in [5.41, 5.74) is 2.63. The van der Waals surface area contributed by atoms with Gasteiger partial charge in [-0.25, -0.2) is 9.59 Å². The first-order valence-corrected chi connectivity index (χ1v) is 6.62. The van der Waals surface area contributed by atoms with Crippen LogP contribution in [-0.4, -0.2) is 44.7 Å². The third-order valence-corrected chi connectivity index (χ3v) is 3.42. The van der Waals surface area contributed by atoms with E-state index in [4.69, 9.17) is 0 Å². The average Bonchev–Trinajstić information content (AvgIpc) is 3.13. The molecule has 2 heterocycles. The number of ether oxygens (including phenoxy) is 1. The molecule has 0 unspecified atom stereocenters. The highest BCUT2D eigenvalue weighted by atomic mass is 16.5. The molecule has 2 aromatic heterocycles. The number of rotatable bonds is 3. The Hall–Kier alpha value is -3.36. The number of aromatic carboxylic acids is 1. The van der Waals surface area contributed by atoms with Crippen LogP contribution in [0.15, 0.2) is 18.3 Å². The molecule has 23 heavy (non-hydrogen) atoms. The lowest BCUT2D eigenvalue weighted by molar-refractivity contribution is 0.0691. The number of carboxylic acids is 1. The lowest BCUT2D eigenvalue weighted by atomic mass is 10.0. The van der Waals surface area contributed by atoms with Crippen molar-refractivity contribution in [3.63, 3.8) is 0 Å². The van der Waals surface area contributed by atoms with E-state index in [0.717, 1.165) is 0 Å². The molecule has 118 valence electrons. The van der Waals surface area contributed by atoms with E-state index in [1.165, 1.54) is 7.11 Å². The number of hydrogen-bond acceptors (Lipinski definition) is 5. The molecular weight excluding hydrogens is 302 g/mol. The van der Waals surface area contributed by atoms with E-state index in [2.05, 4.69) is 30.4 Å². The quantitative estimate of drug-likeness (QED) is 0.585. The second-order valence-corrected chi connectivity index (χ2v) is 4.85. The third-order valence-electron chi connectivity index (χ3n) is 3.42.